The fourth-order valence-electron chi connectivity index (χ4n) is 2.67. The smallest absolute Gasteiger partial charge is 0.309 e. The molecular formula is C16H29NO4. The van der Waals surface area contributed by atoms with Gasteiger partial charge in [0.1, 0.15) is 0 Å². The first-order valence-corrected chi connectivity index (χ1v) is 8.22. The summed E-state index contributed by atoms with van der Waals surface area (Å²) in [6.07, 6.45) is 5.39. The van der Waals surface area contributed by atoms with Crippen LogP contribution in [0.15, 0.2) is 0 Å². The third-order valence-corrected chi connectivity index (χ3v) is 3.87. The fourth-order valence-corrected chi connectivity index (χ4v) is 2.67. The van der Waals surface area contributed by atoms with Crippen LogP contribution < -0.4 is 0 Å². The average Bonchev–Trinajstić information content (AvgIpc) is 2.48. The number of esters is 2. The van der Waals surface area contributed by atoms with Crippen molar-refractivity contribution in [1.29, 1.82) is 0 Å². The molecule has 0 aliphatic carbocycles. The maximum absolute atomic E-state index is 11.6. The summed E-state index contributed by atoms with van der Waals surface area (Å²) in [5, 5.41) is 0. The standard InChI is InChI=1S/C16H29NO4/c1-3-20-15(18)8-6-5-7-11-17-12-9-14(10-13-17)16(19)21-4-2/h14H,3-13H2,1-2H3. The van der Waals surface area contributed by atoms with Crippen molar-refractivity contribution in [2.75, 3.05) is 32.8 Å². The van der Waals surface area contributed by atoms with Crippen LogP contribution in [0.4, 0.5) is 0 Å². The van der Waals surface area contributed by atoms with Crippen LogP contribution in [0.3, 0.4) is 0 Å². The molecule has 0 bridgehead atoms. The monoisotopic (exact) mass is 299 g/mol. The van der Waals surface area contributed by atoms with Crippen molar-refractivity contribution in [2.45, 2.75) is 52.4 Å². The molecule has 1 aliphatic rings. The van der Waals surface area contributed by atoms with Gasteiger partial charge in [-0.15, -0.1) is 0 Å². The van der Waals surface area contributed by atoms with Crippen molar-refractivity contribution in [3.05, 3.63) is 0 Å². The lowest BCUT2D eigenvalue weighted by atomic mass is 9.97. The van der Waals surface area contributed by atoms with Crippen LogP contribution in [0, 0.1) is 5.92 Å². The molecule has 1 fully saturated rings. The summed E-state index contributed by atoms with van der Waals surface area (Å²) in [5.41, 5.74) is 0. The third kappa shape index (κ3) is 7.46. The van der Waals surface area contributed by atoms with E-state index in [1.807, 2.05) is 13.8 Å². The fraction of sp³-hybridized carbons (Fsp3) is 0.875. The Labute approximate surface area is 128 Å². The second kappa shape index (κ2) is 10.6. The minimum absolute atomic E-state index is 0.0356. The Balaban J connectivity index is 2.03. The number of piperidine rings is 1. The van der Waals surface area contributed by atoms with E-state index < -0.39 is 0 Å². The van der Waals surface area contributed by atoms with Crippen LogP contribution in [0.5, 0.6) is 0 Å². The quantitative estimate of drug-likeness (QED) is 0.483. The number of likely N-dealkylation sites (tertiary alicyclic amines) is 1. The molecule has 1 heterocycles. The largest absolute Gasteiger partial charge is 0.466 e. The molecule has 0 radical (unpaired) electrons. The van der Waals surface area contributed by atoms with Crippen LogP contribution in [0.1, 0.15) is 52.4 Å². The number of carbonyl (C=O) groups is 2. The van der Waals surface area contributed by atoms with E-state index >= 15 is 0 Å². The van der Waals surface area contributed by atoms with E-state index in [1.165, 1.54) is 0 Å². The van der Waals surface area contributed by atoms with Gasteiger partial charge in [-0.1, -0.05) is 6.42 Å². The Morgan fingerprint density at radius 1 is 1.00 bits per heavy atom. The molecule has 0 aromatic heterocycles. The first-order chi connectivity index (χ1) is 10.2. The normalized spacial score (nSPS) is 16.7. The van der Waals surface area contributed by atoms with Crippen molar-refractivity contribution < 1.29 is 19.1 Å². The van der Waals surface area contributed by atoms with E-state index in [2.05, 4.69) is 4.90 Å². The molecule has 1 rings (SSSR count). The van der Waals surface area contributed by atoms with E-state index in [0.717, 1.165) is 51.7 Å². The minimum Gasteiger partial charge on any atom is -0.466 e. The average molecular weight is 299 g/mol. The highest BCUT2D eigenvalue weighted by Crippen LogP contribution is 2.19. The molecule has 1 aliphatic heterocycles. The van der Waals surface area contributed by atoms with Gasteiger partial charge in [-0.3, -0.25) is 9.59 Å². The molecular weight excluding hydrogens is 270 g/mol. The molecule has 0 aromatic rings. The molecule has 5 heteroatoms. The van der Waals surface area contributed by atoms with Gasteiger partial charge < -0.3 is 14.4 Å². The summed E-state index contributed by atoms with van der Waals surface area (Å²) in [6.45, 7) is 7.62. The molecule has 0 aromatic carbocycles. The lowest BCUT2D eigenvalue weighted by Gasteiger charge is -2.30. The summed E-state index contributed by atoms with van der Waals surface area (Å²) in [6, 6.07) is 0. The van der Waals surface area contributed by atoms with Gasteiger partial charge in [0.05, 0.1) is 19.1 Å². The molecule has 1 saturated heterocycles. The molecule has 0 atom stereocenters. The summed E-state index contributed by atoms with van der Waals surface area (Å²) in [5.74, 6) is -0.0376. The summed E-state index contributed by atoms with van der Waals surface area (Å²) in [4.78, 5) is 25.2. The second-order valence-corrected chi connectivity index (χ2v) is 5.48. The SMILES string of the molecule is CCOC(=O)CCCCCN1CCC(C(=O)OCC)CC1. The van der Waals surface area contributed by atoms with Crippen LogP contribution in [-0.2, 0) is 19.1 Å². The van der Waals surface area contributed by atoms with Crippen molar-refractivity contribution in [2.24, 2.45) is 5.92 Å². The van der Waals surface area contributed by atoms with Gasteiger partial charge in [0.15, 0.2) is 0 Å². The number of hydrogen-bond donors (Lipinski definition) is 0. The van der Waals surface area contributed by atoms with E-state index in [0.29, 0.717) is 19.6 Å². The summed E-state index contributed by atoms with van der Waals surface area (Å²) < 4.78 is 9.97. The predicted octanol–water partition coefficient (Wildman–Crippen LogP) is 2.39. The topological polar surface area (TPSA) is 55.8 Å². The van der Waals surface area contributed by atoms with Gasteiger partial charge in [-0.2, -0.15) is 0 Å². The number of ether oxygens (including phenoxy) is 2. The maximum Gasteiger partial charge on any atom is 0.309 e. The molecule has 0 spiro atoms. The van der Waals surface area contributed by atoms with E-state index in [9.17, 15) is 9.59 Å². The predicted molar refractivity (Wildman–Crippen MR) is 80.9 cm³/mol. The highest BCUT2D eigenvalue weighted by molar-refractivity contribution is 5.72. The molecule has 0 N–H and O–H groups in total. The Kier molecular flexibility index (Phi) is 9.06. The zero-order chi connectivity index (χ0) is 15.5. The van der Waals surface area contributed by atoms with E-state index in [4.69, 9.17) is 9.47 Å². The second-order valence-electron chi connectivity index (χ2n) is 5.48. The van der Waals surface area contributed by atoms with Crippen molar-refractivity contribution in [3.63, 3.8) is 0 Å². The summed E-state index contributed by atoms with van der Waals surface area (Å²) >= 11 is 0. The number of rotatable bonds is 9. The lowest BCUT2D eigenvalue weighted by Crippen LogP contribution is -2.37. The molecule has 0 amide bonds. The number of unbranched alkanes of at least 4 members (excludes halogenated alkanes) is 2. The van der Waals surface area contributed by atoms with Crippen molar-refractivity contribution in [1.82, 2.24) is 4.90 Å². The first kappa shape index (κ1) is 18.0. The first-order valence-electron chi connectivity index (χ1n) is 8.22. The molecule has 0 saturated carbocycles. The van der Waals surface area contributed by atoms with E-state index in [1.54, 1.807) is 0 Å². The van der Waals surface area contributed by atoms with Crippen molar-refractivity contribution >= 4 is 11.9 Å². The Hall–Kier alpha value is -1.10. The molecule has 21 heavy (non-hydrogen) atoms. The Morgan fingerprint density at radius 3 is 2.29 bits per heavy atom. The Morgan fingerprint density at radius 2 is 1.67 bits per heavy atom. The highest BCUT2D eigenvalue weighted by atomic mass is 16.5. The Bertz CT molecular complexity index is 311. The lowest BCUT2D eigenvalue weighted by molar-refractivity contribution is -0.149. The van der Waals surface area contributed by atoms with E-state index in [-0.39, 0.29) is 17.9 Å². The van der Waals surface area contributed by atoms with Gasteiger partial charge in [0.2, 0.25) is 0 Å². The summed E-state index contributed by atoms with van der Waals surface area (Å²) in [7, 11) is 0. The molecule has 122 valence electrons. The van der Waals surface area contributed by atoms with Gasteiger partial charge in [0.25, 0.3) is 0 Å². The maximum atomic E-state index is 11.6. The third-order valence-electron chi connectivity index (χ3n) is 3.87. The number of nitrogens with zero attached hydrogens (tertiary/aromatic N) is 1. The molecule has 0 unspecified atom stereocenters. The van der Waals surface area contributed by atoms with Crippen LogP contribution in [0.25, 0.3) is 0 Å². The number of carbonyl (C=O) groups excluding carboxylic acids is 2. The zero-order valence-electron chi connectivity index (χ0n) is 13.4. The highest BCUT2D eigenvalue weighted by Gasteiger charge is 2.25. The van der Waals surface area contributed by atoms with Crippen LogP contribution in [0.2, 0.25) is 0 Å². The zero-order valence-corrected chi connectivity index (χ0v) is 13.4. The van der Waals surface area contributed by atoms with Crippen LogP contribution >= 0.6 is 0 Å². The number of hydrogen-bond acceptors (Lipinski definition) is 5. The molecule has 5 nitrogen and oxygen atoms in total. The van der Waals surface area contributed by atoms with Gasteiger partial charge >= 0.3 is 11.9 Å². The van der Waals surface area contributed by atoms with Crippen molar-refractivity contribution in [3.8, 4) is 0 Å². The van der Waals surface area contributed by atoms with Gasteiger partial charge in [-0.25, -0.2) is 0 Å². The van der Waals surface area contributed by atoms with Gasteiger partial charge in [0, 0.05) is 6.42 Å². The minimum atomic E-state index is -0.0900. The van der Waals surface area contributed by atoms with Gasteiger partial charge in [-0.05, 0) is 59.2 Å². The van der Waals surface area contributed by atoms with Crippen LogP contribution in [-0.4, -0.2) is 49.7 Å².